The molecule has 2 rings (SSSR count). The summed E-state index contributed by atoms with van der Waals surface area (Å²) in [6.45, 7) is 0. The standard InChI is InChI=1S/C11H15N3O2/c1-12-11-13-6-8(4-5-9(15)16)10(14-11)7-2-3-7/h6-7H,2-5H2,1H3,(H,15,16)(H,12,13,14). The molecule has 0 aliphatic heterocycles. The quantitative estimate of drug-likeness (QED) is 0.786. The first-order chi connectivity index (χ1) is 7.70. The number of carbonyl (C=O) groups is 1. The van der Waals surface area contributed by atoms with E-state index in [1.54, 1.807) is 13.2 Å². The highest BCUT2D eigenvalue weighted by Crippen LogP contribution is 2.40. The molecule has 5 nitrogen and oxygen atoms in total. The second-order valence-electron chi connectivity index (χ2n) is 4.02. The SMILES string of the molecule is CNc1ncc(CCC(=O)O)c(C2CC2)n1. The topological polar surface area (TPSA) is 75.1 Å². The fourth-order valence-electron chi connectivity index (χ4n) is 1.68. The van der Waals surface area contributed by atoms with Crippen molar-refractivity contribution in [1.29, 1.82) is 0 Å². The van der Waals surface area contributed by atoms with Crippen molar-refractivity contribution >= 4 is 11.9 Å². The first-order valence-electron chi connectivity index (χ1n) is 5.46. The predicted octanol–water partition coefficient (Wildman–Crippen LogP) is 1.41. The fraction of sp³-hybridized carbons (Fsp3) is 0.545. The van der Waals surface area contributed by atoms with Gasteiger partial charge in [0.05, 0.1) is 5.69 Å². The van der Waals surface area contributed by atoms with Crippen LogP contribution in [0, 0.1) is 0 Å². The van der Waals surface area contributed by atoms with Crippen LogP contribution in [0.2, 0.25) is 0 Å². The molecule has 1 aromatic heterocycles. The Kier molecular flexibility index (Phi) is 3.03. The highest BCUT2D eigenvalue weighted by atomic mass is 16.4. The lowest BCUT2D eigenvalue weighted by Crippen LogP contribution is -2.05. The zero-order valence-electron chi connectivity index (χ0n) is 9.23. The van der Waals surface area contributed by atoms with E-state index in [0.29, 0.717) is 18.3 Å². The van der Waals surface area contributed by atoms with E-state index < -0.39 is 5.97 Å². The second-order valence-corrected chi connectivity index (χ2v) is 4.02. The predicted molar refractivity (Wildman–Crippen MR) is 59.5 cm³/mol. The minimum absolute atomic E-state index is 0.141. The molecule has 86 valence electrons. The van der Waals surface area contributed by atoms with Crippen LogP contribution in [0.5, 0.6) is 0 Å². The van der Waals surface area contributed by atoms with Crippen LogP contribution >= 0.6 is 0 Å². The number of nitrogens with one attached hydrogen (secondary N) is 1. The molecule has 0 unspecified atom stereocenters. The summed E-state index contributed by atoms with van der Waals surface area (Å²) < 4.78 is 0. The zero-order chi connectivity index (χ0) is 11.5. The Balaban J connectivity index is 2.18. The Labute approximate surface area is 93.9 Å². The van der Waals surface area contributed by atoms with Crippen molar-refractivity contribution in [3.8, 4) is 0 Å². The van der Waals surface area contributed by atoms with Gasteiger partial charge in [0.25, 0.3) is 0 Å². The average molecular weight is 221 g/mol. The summed E-state index contributed by atoms with van der Waals surface area (Å²) in [5.74, 6) is 0.347. The molecule has 1 heterocycles. The number of carboxylic acids is 1. The van der Waals surface area contributed by atoms with Crippen molar-refractivity contribution in [3.63, 3.8) is 0 Å². The van der Waals surface area contributed by atoms with Gasteiger partial charge in [0.1, 0.15) is 0 Å². The van der Waals surface area contributed by atoms with E-state index in [1.807, 2.05) is 0 Å². The molecular formula is C11H15N3O2. The average Bonchev–Trinajstić information content (AvgIpc) is 3.10. The molecular weight excluding hydrogens is 206 g/mol. The molecule has 1 fully saturated rings. The third-order valence-corrected chi connectivity index (χ3v) is 2.69. The first kappa shape index (κ1) is 10.9. The Morgan fingerprint density at radius 3 is 2.94 bits per heavy atom. The van der Waals surface area contributed by atoms with Gasteiger partial charge in [0.15, 0.2) is 0 Å². The monoisotopic (exact) mass is 221 g/mol. The first-order valence-corrected chi connectivity index (χ1v) is 5.46. The van der Waals surface area contributed by atoms with Crippen molar-refractivity contribution in [3.05, 3.63) is 17.5 Å². The van der Waals surface area contributed by atoms with Gasteiger partial charge in [-0.1, -0.05) is 0 Å². The van der Waals surface area contributed by atoms with Crippen molar-refractivity contribution in [2.75, 3.05) is 12.4 Å². The van der Waals surface area contributed by atoms with Gasteiger partial charge < -0.3 is 10.4 Å². The molecule has 0 radical (unpaired) electrons. The lowest BCUT2D eigenvalue weighted by molar-refractivity contribution is -0.136. The maximum atomic E-state index is 10.5. The van der Waals surface area contributed by atoms with E-state index in [4.69, 9.17) is 5.11 Å². The highest BCUT2D eigenvalue weighted by molar-refractivity contribution is 5.67. The fourth-order valence-corrected chi connectivity index (χ4v) is 1.68. The van der Waals surface area contributed by atoms with E-state index in [1.165, 1.54) is 0 Å². The molecule has 16 heavy (non-hydrogen) atoms. The van der Waals surface area contributed by atoms with Crippen LogP contribution in [-0.4, -0.2) is 28.1 Å². The van der Waals surface area contributed by atoms with Crippen molar-refractivity contribution in [2.45, 2.75) is 31.6 Å². The van der Waals surface area contributed by atoms with Crippen molar-refractivity contribution < 1.29 is 9.90 Å². The molecule has 0 spiro atoms. The van der Waals surface area contributed by atoms with Crippen LogP contribution in [0.25, 0.3) is 0 Å². The van der Waals surface area contributed by atoms with Gasteiger partial charge in [-0.05, 0) is 24.8 Å². The van der Waals surface area contributed by atoms with Crippen LogP contribution in [0.4, 0.5) is 5.95 Å². The molecule has 0 saturated heterocycles. The number of rotatable bonds is 5. The number of aryl methyl sites for hydroxylation is 1. The minimum Gasteiger partial charge on any atom is -0.481 e. The number of aliphatic carboxylic acids is 1. The molecule has 5 heteroatoms. The lowest BCUT2D eigenvalue weighted by atomic mass is 10.1. The molecule has 0 atom stereocenters. The second kappa shape index (κ2) is 4.47. The number of anilines is 1. The largest absolute Gasteiger partial charge is 0.481 e. The summed E-state index contributed by atoms with van der Waals surface area (Å²) >= 11 is 0. The van der Waals surface area contributed by atoms with Crippen LogP contribution in [0.1, 0.15) is 36.4 Å². The molecule has 0 amide bonds. The number of carboxylic acid groups (broad SMARTS) is 1. The molecule has 0 bridgehead atoms. The van der Waals surface area contributed by atoms with Gasteiger partial charge in [0.2, 0.25) is 5.95 Å². The van der Waals surface area contributed by atoms with Crippen molar-refractivity contribution in [1.82, 2.24) is 9.97 Å². The number of hydrogen-bond acceptors (Lipinski definition) is 4. The van der Waals surface area contributed by atoms with Crippen LogP contribution in [-0.2, 0) is 11.2 Å². The van der Waals surface area contributed by atoms with Crippen molar-refractivity contribution in [2.24, 2.45) is 0 Å². The summed E-state index contributed by atoms with van der Waals surface area (Å²) in [7, 11) is 1.78. The minimum atomic E-state index is -0.778. The summed E-state index contributed by atoms with van der Waals surface area (Å²) in [6, 6.07) is 0. The summed E-state index contributed by atoms with van der Waals surface area (Å²) in [6.07, 6.45) is 4.71. The molecule has 1 aromatic rings. The van der Waals surface area contributed by atoms with Crippen LogP contribution in [0.3, 0.4) is 0 Å². The van der Waals surface area contributed by atoms with E-state index in [-0.39, 0.29) is 6.42 Å². The van der Waals surface area contributed by atoms with Gasteiger partial charge in [-0.2, -0.15) is 0 Å². The summed E-state index contributed by atoms with van der Waals surface area (Å²) in [5, 5.41) is 11.6. The summed E-state index contributed by atoms with van der Waals surface area (Å²) in [4.78, 5) is 19.1. The van der Waals surface area contributed by atoms with Crippen LogP contribution in [0.15, 0.2) is 6.20 Å². The Morgan fingerprint density at radius 2 is 2.38 bits per heavy atom. The lowest BCUT2D eigenvalue weighted by Gasteiger charge is -2.08. The number of nitrogens with zero attached hydrogens (tertiary/aromatic N) is 2. The van der Waals surface area contributed by atoms with Gasteiger partial charge in [-0.15, -0.1) is 0 Å². The van der Waals surface area contributed by atoms with Gasteiger partial charge in [-0.25, -0.2) is 9.97 Å². The Morgan fingerprint density at radius 1 is 1.62 bits per heavy atom. The smallest absolute Gasteiger partial charge is 0.303 e. The Hall–Kier alpha value is -1.65. The van der Waals surface area contributed by atoms with E-state index in [9.17, 15) is 4.79 Å². The van der Waals surface area contributed by atoms with E-state index in [0.717, 1.165) is 24.1 Å². The maximum absolute atomic E-state index is 10.5. The number of hydrogen-bond donors (Lipinski definition) is 2. The maximum Gasteiger partial charge on any atom is 0.303 e. The zero-order valence-corrected chi connectivity index (χ0v) is 9.23. The Bertz CT molecular complexity index is 402. The van der Waals surface area contributed by atoms with Gasteiger partial charge in [0, 0.05) is 25.6 Å². The third-order valence-electron chi connectivity index (χ3n) is 2.69. The molecule has 1 aliphatic rings. The third kappa shape index (κ3) is 2.48. The van der Waals surface area contributed by atoms with E-state index in [2.05, 4.69) is 15.3 Å². The molecule has 0 aromatic carbocycles. The van der Waals surface area contributed by atoms with Gasteiger partial charge >= 0.3 is 5.97 Å². The van der Waals surface area contributed by atoms with Crippen LogP contribution < -0.4 is 5.32 Å². The van der Waals surface area contributed by atoms with Gasteiger partial charge in [-0.3, -0.25) is 4.79 Å². The molecule has 1 saturated carbocycles. The molecule has 1 aliphatic carbocycles. The summed E-state index contributed by atoms with van der Waals surface area (Å²) in [5.41, 5.74) is 2.00. The highest BCUT2D eigenvalue weighted by Gasteiger charge is 2.28. The normalized spacial score (nSPS) is 14.8. The van der Waals surface area contributed by atoms with E-state index >= 15 is 0 Å². The molecule has 2 N–H and O–H groups in total. The number of aromatic nitrogens is 2.